The molecule has 1 saturated heterocycles. The van der Waals surface area contributed by atoms with Gasteiger partial charge < -0.3 is 15.0 Å². The largest absolute Gasteiger partial charge is 0.441 e. The van der Waals surface area contributed by atoms with Crippen LogP contribution in [0.25, 0.3) is 0 Å². The lowest BCUT2D eigenvalue weighted by atomic mass is 9.70. The van der Waals surface area contributed by atoms with Crippen molar-refractivity contribution in [2.45, 2.75) is 30.9 Å². The Balaban J connectivity index is 1.38. The van der Waals surface area contributed by atoms with E-state index >= 15 is 0 Å². The summed E-state index contributed by atoms with van der Waals surface area (Å²) in [4.78, 5) is 26.5. The van der Waals surface area contributed by atoms with Crippen molar-refractivity contribution in [1.29, 1.82) is 0 Å². The molecule has 1 N–H and O–H groups in total. The average molecular weight is 401 g/mol. The summed E-state index contributed by atoms with van der Waals surface area (Å²) in [6.07, 6.45) is 3.48. The van der Waals surface area contributed by atoms with Gasteiger partial charge in [-0.25, -0.2) is 4.79 Å². The summed E-state index contributed by atoms with van der Waals surface area (Å²) in [7, 11) is 1.87. The van der Waals surface area contributed by atoms with Gasteiger partial charge in [0.25, 0.3) is 5.91 Å². The fourth-order valence-corrected chi connectivity index (χ4v) is 5.10. The fourth-order valence-electron chi connectivity index (χ4n) is 4.86. The van der Waals surface area contributed by atoms with Crippen LogP contribution in [-0.2, 0) is 18.2 Å². The zero-order valence-corrected chi connectivity index (χ0v) is 16.3. The lowest BCUT2D eigenvalue weighted by Crippen LogP contribution is -2.51. The predicted octanol–water partition coefficient (Wildman–Crippen LogP) is 2.70. The van der Waals surface area contributed by atoms with E-state index in [-0.39, 0.29) is 23.6 Å². The van der Waals surface area contributed by atoms with E-state index in [1.165, 1.54) is 0 Å². The Hall–Kier alpha value is -2.54. The van der Waals surface area contributed by atoms with Gasteiger partial charge in [-0.05, 0) is 30.4 Å². The molecule has 0 radical (unpaired) electrons. The van der Waals surface area contributed by atoms with Gasteiger partial charge in [-0.1, -0.05) is 29.8 Å². The van der Waals surface area contributed by atoms with Gasteiger partial charge in [-0.15, -0.1) is 0 Å². The van der Waals surface area contributed by atoms with Gasteiger partial charge in [-0.2, -0.15) is 5.10 Å². The molecule has 7 nitrogen and oxygen atoms in total. The summed E-state index contributed by atoms with van der Waals surface area (Å²) in [5.41, 5.74) is 2.33. The molecular weight excluding hydrogens is 380 g/mol. The molecule has 3 aliphatic rings. The second kappa shape index (κ2) is 6.24. The van der Waals surface area contributed by atoms with Crippen molar-refractivity contribution in [2.75, 3.05) is 13.1 Å². The van der Waals surface area contributed by atoms with E-state index in [0.29, 0.717) is 30.5 Å². The number of halogens is 1. The highest BCUT2D eigenvalue weighted by molar-refractivity contribution is 6.31. The van der Waals surface area contributed by atoms with Gasteiger partial charge in [0, 0.05) is 25.6 Å². The number of aromatic nitrogens is 2. The van der Waals surface area contributed by atoms with Gasteiger partial charge >= 0.3 is 6.09 Å². The molecule has 2 fully saturated rings. The van der Waals surface area contributed by atoms with Crippen LogP contribution in [-0.4, -0.2) is 45.4 Å². The molecular formula is C20H21ClN4O3. The molecule has 1 atom stereocenters. The number of nitrogens with zero attached hydrogens (tertiary/aromatic N) is 3. The Bertz CT molecular complexity index is 947. The first-order chi connectivity index (χ1) is 13.5. The highest BCUT2D eigenvalue weighted by Crippen LogP contribution is 2.45. The van der Waals surface area contributed by atoms with Crippen LogP contribution in [0.1, 0.15) is 40.5 Å². The molecule has 0 bridgehead atoms. The Kier molecular flexibility index (Phi) is 3.91. The molecule has 2 aliphatic heterocycles. The number of carbonyl (C=O) groups is 2. The number of aryl methyl sites for hydroxylation is 1. The molecule has 146 valence electrons. The predicted molar refractivity (Wildman–Crippen MR) is 102 cm³/mol. The molecule has 2 amide bonds. The number of carbonyl (C=O) groups excluding carboxylic acids is 2. The van der Waals surface area contributed by atoms with Crippen LogP contribution < -0.4 is 5.32 Å². The third kappa shape index (κ3) is 2.68. The number of amides is 2. The number of fused-ring (bicyclic) bond motifs is 1. The first-order valence-corrected chi connectivity index (χ1v) is 9.87. The van der Waals surface area contributed by atoms with Crippen molar-refractivity contribution in [3.05, 3.63) is 52.3 Å². The molecule has 5 rings (SSSR count). The second-order valence-corrected chi connectivity index (χ2v) is 8.44. The Morgan fingerprint density at radius 2 is 2.11 bits per heavy atom. The van der Waals surface area contributed by atoms with Gasteiger partial charge in [0.2, 0.25) is 0 Å². The van der Waals surface area contributed by atoms with Gasteiger partial charge in [0.15, 0.2) is 0 Å². The first-order valence-electron chi connectivity index (χ1n) is 9.49. The zero-order valence-electron chi connectivity index (χ0n) is 15.5. The molecule has 8 heteroatoms. The van der Waals surface area contributed by atoms with Crippen LogP contribution in [0.3, 0.4) is 0 Å². The van der Waals surface area contributed by atoms with Crippen LogP contribution in [0.15, 0.2) is 30.5 Å². The van der Waals surface area contributed by atoms with Crippen LogP contribution in [0.2, 0.25) is 5.02 Å². The third-order valence-corrected chi connectivity index (χ3v) is 6.54. The Morgan fingerprint density at radius 3 is 2.79 bits per heavy atom. The molecule has 3 heterocycles. The molecule has 2 aromatic rings. The number of hydrogen-bond donors (Lipinski definition) is 1. The lowest BCUT2D eigenvalue weighted by molar-refractivity contribution is -0.0555. The van der Waals surface area contributed by atoms with Crippen molar-refractivity contribution in [3.8, 4) is 0 Å². The van der Waals surface area contributed by atoms with E-state index in [1.807, 2.05) is 36.2 Å². The number of alkyl carbamates (subject to hydrolysis) is 1. The van der Waals surface area contributed by atoms with Crippen molar-refractivity contribution in [2.24, 2.45) is 13.0 Å². The quantitative estimate of drug-likeness (QED) is 0.856. The molecule has 1 aliphatic carbocycles. The molecule has 28 heavy (non-hydrogen) atoms. The SMILES string of the molecule is Cn1ncc(Cl)c1C[C@@H]1c2ccccc2C(=O)N1CC1CC2(CNC(=O)O2)C1. The molecule has 1 aromatic heterocycles. The Morgan fingerprint density at radius 1 is 1.32 bits per heavy atom. The lowest BCUT2D eigenvalue weighted by Gasteiger charge is -2.44. The van der Waals surface area contributed by atoms with Crippen LogP contribution in [0.5, 0.6) is 0 Å². The van der Waals surface area contributed by atoms with Gasteiger partial charge in [-0.3, -0.25) is 9.48 Å². The maximum absolute atomic E-state index is 13.1. The van der Waals surface area contributed by atoms with Crippen LogP contribution >= 0.6 is 11.6 Å². The average Bonchev–Trinajstić information content (AvgIpc) is 3.27. The number of nitrogens with one attached hydrogen (secondary N) is 1. The summed E-state index contributed by atoms with van der Waals surface area (Å²) in [5.74, 6) is 0.372. The minimum atomic E-state index is -0.377. The molecule has 1 saturated carbocycles. The maximum atomic E-state index is 13.1. The monoisotopic (exact) mass is 400 g/mol. The second-order valence-electron chi connectivity index (χ2n) is 8.03. The van der Waals surface area contributed by atoms with E-state index in [9.17, 15) is 9.59 Å². The summed E-state index contributed by atoms with van der Waals surface area (Å²) >= 11 is 6.33. The third-order valence-electron chi connectivity index (χ3n) is 6.22. The number of rotatable bonds is 4. The summed E-state index contributed by atoms with van der Waals surface area (Å²) < 4.78 is 7.20. The molecule has 0 unspecified atom stereocenters. The standard InChI is InChI=1S/C20H21ClN4O3/c1-24-17(15(21)9-23-24)6-16-13-4-2-3-5-14(13)18(26)25(16)10-12-7-20(8-12)11-22-19(27)28-20/h2-5,9,12,16H,6-8,10-11H2,1H3,(H,22,27)/t12?,16-,20?/m1/s1. The van der Waals surface area contributed by atoms with Crippen molar-refractivity contribution in [1.82, 2.24) is 20.0 Å². The number of hydrogen-bond acceptors (Lipinski definition) is 4. The van der Waals surface area contributed by atoms with E-state index in [1.54, 1.807) is 10.9 Å². The number of ether oxygens (including phenoxy) is 1. The van der Waals surface area contributed by atoms with E-state index in [0.717, 1.165) is 29.7 Å². The summed E-state index contributed by atoms with van der Waals surface area (Å²) in [6.45, 7) is 1.21. The fraction of sp³-hybridized carbons (Fsp3) is 0.450. The van der Waals surface area contributed by atoms with Crippen molar-refractivity contribution < 1.29 is 14.3 Å². The van der Waals surface area contributed by atoms with Crippen molar-refractivity contribution in [3.63, 3.8) is 0 Å². The Labute approximate surface area is 167 Å². The van der Waals surface area contributed by atoms with Gasteiger partial charge in [0.1, 0.15) is 5.60 Å². The smallest absolute Gasteiger partial charge is 0.407 e. The molecule has 1 spiro atoms. The minimum Gasteiger partial charge on any atom is -0.441 e. The summed E-state index contributed by atoms with van der Waals surface area (Å²) in [5, 5.41) is 7.58. The van der Waals surface area contributed by atoms with Crippen LogP contribution in [0, 0.1) is 5.92 Å². The van der Waals surface area contributed by atoms with Crippen molar-refractivity contribution >= 4 is 23.6 Å². The normalized spacial score (nSPS) is 28.3. The van der Waals surface area contributed by atoms with E-state index < -0.39 is 0 Å². The van der Waals surface area contributed by atoms with E-state index in [2.05, 4.69) is 10.4 Å². The number of benzene rings is 1. The van der Waals surface area contributed by atoms with Gasteiger partial charge in [0.05, 0.1) is 29.5 Å². The highest BCUT2D eigenvalue weighted by Gasteiger charge is 2.52. The maximum Gasteiger partial charge on any atom is 0.407 e. The highest BCUT2D eigenvalue weighted by atomic mass is 35.5. The summed E-state index contributed by atoms with van der Waals surface area (Å²) in [6, 6.07) is 7.71. The zero-order chi connectivity index (χ0) is 19.5. The minimum absolute atomic E-state index is 0.0568. The van der Waals surface area contributed by atoms with E-state index in [4.69, 9.17) is 16.3 Å². The topological polar surface area (TPSA) is 76.5 Å². The van der Waals surface area contributed by atoms with Crippen LogP contribution in [0.4, 0.5) is 4.79 Å². The first kappa shape index (κ1) is 17.6. The molecule has 1 aromatic carbocycles.